The topological polar surface area (TPSA) is 77.8 Å². The Kier molecular flexibility index (Phi) is 5.44. The number of nitriles is 1. The van der Waals surface area contributed by atoms with Crippen LogP contribution < -0.4 is 10.6 Å². The highest BCUT2D eigenvalue weighted by Crippen LogP contribution is 2.15. The number of amides is 1. The molecular formula is C15H12BrFN4O. The van der Waals surface area contributed by atoms with E-state index in [1.807, 2.05) is 6.07 Å². The first-order valence-corrected chi connectivity index (χ1v) is 7.22. The zero-order chi connectivity index (χ0) is 15.9. The van der Waals surface area contributed by atoms with Crippen molar-refractivity contribution >= 4 is 27.7 Å². The first-order chi connectivity index (χ1) is 10.6. The molecule has 1 amide bonds. The minimum atomic E-state index is -0.567. The van der Waals surface area contributed by atoms with Crippen LogP contribution >= 0.6 is 15.9 Å². The van der Waals surface area contributed by atoms with Gasteiger partial charge in [0, 0.05) is 23.8 Å². The first-order valence-electron chi connectivity index (χ1n) is 6.43. The van der Waals surface area contributed by atoms with Crippen LogP contribution in [0.15, 0.2) is 41.0 Å². The van der Waals surface area contributed by atoms with Crippen LogP contribution in [0.25, 0.3) is 0 Å². The van der Waals surface area contributed by atoms with Gasteiger partial charge in [-0.1, -0.05) is 15.9 Å². The summed E-state index contributed by atoms with van der Waals surface area (Å²) in [4.78, 5) is 15.9. The number of anilines is 1. The van der Waals surface area contributed by atoms with E-state index in [0.29, 0.717) is 28.9 Å². The smallest absolute Gasteiger partial charge is 0.254 e. The average molecular weight is 363 g/mol. The van der Waals surface area contributed by atoms with Crippen molar-refractivity contribution in [3.05, 3.63) is 57.9 Å². The van der Waals surface area contributed by atoms with Crippen molar-refractivity contribution in [3.63, 3.8) is 0 Å². The lowest BCUT2D eigenvalue weighted by atomic mass is 10.2. The molecule has 0 aliphatic heterocycles. The molecular weight excluding hydrogens is 351 g/mol. The lowest BCUT2D eigenvalue weighted by Crippen LogP contribution is -2.29. The van der Waals surface area contributed by atoms with Gasteiger partial charge < -0.3 is 10.6 Å². The van der Waals surface area contributed by atoms with Crippen LogP contribution in [0.4, 0.5) is 10.2 Å². The van der Waals surface area contributed by atoms with Gasteiger partial charge in [-0.05, 0) is 30.3 Å². The second-order valence-corrected chi connectivity index (χ2v) is 5.27. The van der Waals surface area contributed by atoms with Crippen LogP contribution in [0.1, 0.15) is 15.9 Å². The number of rotatable bonds is 5. The SMILES string of the molecule is N#Cc1ccc(NCCNC(=O)c2cc(Br)ccc2F)nc1. The fourth-order valence-corrected chi connectivity index (χ4v) is 2.06. The standard InChI is InChI=1S/C15H12BrFN4O/c16-11-2-3-13(17)12(7-11)15(22)20-6-5-19-14-4-1-10(8-18)9-21-14/h1-4,7,9H,5-6H2,(H,19,21)(H,20,22). The Labute approximate surface area is 135 Å². The molecule has 22 heavy (non-hydrogen) atoms. The summed E-state index contributed by atoms with van der Waals surface area (Å²) < 4.78 is 14.2. The lowest BCUT2D eigenvalue weighted by molar-refractivity contribution is 0.0951. The molecule has 0 fully saturated rings. The number of nitrogens with one attached hydrogen (secondary N) is 2. The zero-order valence-corrected chi connectivity index (χ0v) is 13.0. The number of halogens is 2. The van der Waals surface area contributed by atoms with Gasteiger partial charge in [0.25, 0.3) is 5.91 Å². The van der Waals surface area contributed by atoms with E-state index >= 15 is 0 Å². The Morgan fingerprint density at radius 3 is 2.82 bits per heavy atom. The second-order valence-electron chi connectivity index (χ2n) is 4.35. The van der Waals surface area contributed by atoms with Crippen LogP contribution in [0.3, 0.4) is 0 Å². The predicted octanol–water partition coefficient (Wildman–Crippen LogP) is 2.70. The number of benzene rings is 1. The fourth-order valence-electron chi connectivity index (χ4n) is 1.70. The molecule has 0 bridgehead atoms. The molecule has 2 aromatic rings. The number of hydrogen-bond donors (Lipinski definition) is 2. The highest BCUT2D eigenvalue weighted by atomic mass is 79.9. The van der Waals surface area contributed by atoms with E-state index in [4.69, 9.17) is 5.26 Å². The van der Waals surface area contributed by atoms with Crippen molar-refractivity contribution in [1.82, 2.24) is 10.3 Å². The highest BCUT2D eigenvalue weighted by Gasteiger charge is 2.11. The molecule has 0 saturated heterocycles. The van der Waals surface area contributed by atoms with Gasteiger partial charge in [-0.2, -0.15) is 5.26 Å². The number of carbonyl (C=O) groups excluding carboxylic acids is 1. The van der Waals surface area contributed by atoms with Gasteiger partial charge in [-0.15, -0.1) is 0 Å². The third kappa shape index (κ3) is 4.27. The molecule has 2 N–H and O–H groups in total. The number of pyridine rings is 1. The monoisotopic (exact) mass is 362 g/mol. The Bertz CT molecular complexity index is 712. The van der Waals surface area contributed by atoms with E-state index in [-0.39, 0.29) is 5.56 Å². The van der Waals surface area contributed by atoms with Gasteiger partial charge in [0.05, 0.1) is 11.1 Å². The van der Waals surface area contributed by atoms with E-state index in [1.54, 1.807) is 12.1 Å². The largest absolute Gasteiger partial charge is 0.368 e. The molecule has 1 aromatic heterocycles. The molecule has 0 atom stereocenters. The molecule has 112 valence electrons. The summed E-state index contributed by atoms with van der Waals surface area (Å²) in [5.41, 5.74) is 0.467. The van der Waals surface area contributed by atoms with Crippen LogP contribution in [0.2, 0.25) is 0 Å². The number of nitrogens with zero attached hydrogens (tertiary/aromatic N) is 2. The highest BCUT2D eigenvalue weighted by molar-refractivity contribution is 9.10. The molecule has 2 rings (SSSR count). The number of hydrogen-bond acceptors (Lipinski definition) is 4. The van der Waals surface area contributed by atoms with Crippen LogP contribution in [-0.4, -0.2) is 24.0 Å². The van der Waals surface area contributed by atoms with Gasteiger partial charge in [-0.25, -0.2) is 9.37 Å². The maximum atomic E-state index is 13.5. The van der Waals surface area contributed by atoms with Crippen molar-refractivity contribution in [1.29, 1.82) is 5.26 Å². The fraction of sp³-hybridized carbons (Fsp3) is 0.133. The van der Waals surface area contributed by atoms with Gasteiger partial charge in [-0.3, -0.25) is 4.79 Å². The molecule has 0 aliphatic carbocycles. The Morgan fingerprint density at radius 1 is 1.32 bits per heavy atom. The molecule has 5 nitrogen and oxygen atoms in total. The van der Waals surface area contributed by atoms with Gasteiger partial charge in [0.2, 0.25) is 0 Å². The maximum Gasteiger partial charge on any atom is 0.254 e. The van der Waals surface area contributed by atoms with Crippen molar-refractivity contribution in [2.75, 3.05) is 18.4 Å². The molecule has 1 heterocycles. The van der Waals surface area contributed by atoms with Crippen molar-refractivity contribution in [3.8, 4) is 6.07 Å². The predicted molar refractivity (Wildman–Crippen MR) is 83.9 cm³/mol. The van der Waals surface area contributed by atoms with Crippen molar-refractivity contribution in [2.24, 2.45) is 0 Å². The van der Waals surface area contributed by atoms with E-state index < -0.39 is 11.7 Å². The minimum absolute atomic E-state index is 0.00845. The van der Waals surface area contributed by atoms with E-state index in [2.05, 4.69) is 31.5 Å². The summed E-state index contributed by atoms with van der Waals surface area (Å²) in [6.45, 7) is 0.743. The summed E-state index contributed by atoms with van der Waals surface area (Å²) in [6, 6.07) is 9.49. The second kappa shape index (κ2) is 7.52. The summed E-state index contributed by atoms with van der Waals surface area (Å²) in [5, 5.41) is 14.3. The molecule has 1 aromatic carbocycles. The third-order valence-electron chi connectivity index (χ3n) is 2.78. The zero-order valence-electron chi connectivity index (χ0n) is 11.4. The lowest BCUT2D eigenvalue weighted by Gasteiger charge is -2.08. The Morgan fingerprint density at radius 2 is 2.14 bits per heavy atom. The summed E-state index contributed by atoms with van der Waals surface area (Å²) in [5.74, 6) is -0.447. The normalized spacial score (nSPS) is 9.86. The minimum Gasteiger partial charge on any atom is -0.368 e. The van der Waals surface area contributed by atoms with Crippen molar-refractivity contribution < 1.29 is 9.18 Å². The van der Waals surface area contributed by atoms with Gasteiger partial charge in [0.1, 0.15) is 17.7 Å². The summed E-state index contributed by atoms with van der Waals surface area (Å²) in [7, 11) is 0. The van der Waals surface area contributed by atoms with Crippen LogP contribution in [0, 0.1) is 17.1 Å². The number of aromatic nitrogens is 1. The van der Waals surface area contributed by atoms with E-state index in [0.717, 1.165) is 0 Å². The average Bonchev–Trinajstić information content (AvgIpc) is 2.54. The molecule has 0 unspecified atom stereocenters. The Hall–Kier alpha value is -2.46. The first kappa shape index (κ1) is 15.9. The molecule has 0 saturated carbocycles. The molecule has 7 heteroatoms. The van der Waals surface area contributed by atoms with Crippen LogP contribution in [-0.2, 0) is 0 Å². The molecule has 0 radical (unpaired) electrons. The molecule has 0 spiro atoms. The van der Waals surface area contributed by atoms with Crippen molar-refractivity contribution in [2.45, 2.75) is 0 Å². The quantitative estimate of drug-likeness (QED) is 0.801. The van der Waals surface area contributed by atoms with E-state index in [9.17, 15) is 9.18 Å². The maximum absolute atomic E-state index is 13.5. The summed E-state index contributed by atoms with van der Waals surface area (Å²) >= 11 is 3.20. The van der Waals surface area contributed by atoms with Crippen LogP contribution in [0.5, 0.6) is 0 Å². The van der Waals surface area contributed by atoms with E-state index in [1.165, 1.54) is 24.4 Å². The van der Waals surface area contributed by atoms with Gasteiger partial charge >= 0.3 is 0 Å². The number of carbonyl (C=O) groups is 1. The van der Waals surface area contributed by atoms with Gasteiger partial charge in [0.15, 0.2) is 0 Å². The molecule has 0 aliphatic rings. The Balaban J connectivity index is 1.82. The summed E-state index contributed by atoms with van der Waals surface area (Å²) in [6.07, 6.45) is 1.46. The third-order valence-corrected chi connectivity index (χ3v) is 3.28.